The smallest absolute Gasteiger partial charge is 0.406 e. The van der Waals surface area contributed by atoms with Crippen LogP contribution in [0.4, 0.5) is 13.2 Å². The summed E-state index contributed by atoms with van der Waals surface area (Å²) in [5.74, 6) is -0.714. The van der Waals surface area contributed by atoms with Gasteiger partial charge in [-0.2, -0.15) is 0 Å². The molecule has 2 aromatic rings. The number of Topliss-reactive ketones (excluding diaryl/α,β-unsaturated/α-hetero) is 1. The predicted octanol–water partition coefficient (Wildman–Crippen LogP) is 3.90. The molecule has 0 aliphatic carbocycles. The summed E-state index contributed by atoms with van der Waals surface area (Å²) in [5, 5.41) is 0. The molecule has 1 aromatic heterocycles. The summed E-state index contributed by atoms with van der Waals surface area (Å²) >= 11 is 0. The minimum absolute atomic E-state index is 0.131. The molecule has 0 atom stereocenters. The first-order valence-electron chi connectivity index (χ1n) is 6.28. The summed E-state index contributed by atoms with van der Waals surface area (Å²) in [7, 11) is 0. The van der Waals surface area contributed by atoms with Crippen LogP contribution in [0.3, 0.4) is 0 Å². The van der Waals surface area contributed by atoms with Crippen molar-refractivity contribution in [2.75, 3.05) is 0 Å². The molecule has 0 amide bonds. The zero-order valence-electron chi connectivity index (χ0n) is 11.7. The third-order valence-electron chi connectivity index (χ3n) is 3.04. The molecule has 0 aliphatic heterocycles. The fourth-order valence-electron chi connectivity index (χ4n) is 2.33. The van der Waals surface area contributed by atoms with Crippen LogP contribution in [0.2, 0.25) is 0 Å². The van der Waals surface area contributed by atoms with E-state index in [0.29, 0.717) is 17.5 Å². The summed E-state index contributed by atoms with van der Waals surface area (Å²) in [5.41, 5.74) is 1.44. The second-order valence-electron chi connectivity index (χ2n) is 4.66. The van der Waals surface area contributed by atoms with Crippen LogP contribution in [-0.4, -0.2) is 23.4 Å². The Kier molecular flexibility index (Phi) is 4.07. The number of alkyl halides is 3. The standard InChI is InChI=1S/C15H12F3NO3/c1-8-13(9(2)21)14(12(7-20)19-8)10-4-3-5-11(6-10)22-15(16,17)18/h3-7,19H,1-2H3. The maximum atomic E-state index is 12.3. The minimum atomic E-state index is -4.82. The molecular formula is C15H12F3NO3. The molecule has 0 fully saturated rings. The van der Waals surface area contributed by atoms with Crippen molar-refractivity contribution in [3.8, 4) is 16.9 Å². The molecule has 1 aromatic carbocycles. The maximum absolute atomic E-state index is 12.3. The van der Waals surface area contributed by atoms with Crippen molar-refractivity contribution >= 4 is 12.1 Å². The minimum Gasteiger partial charge on any atom is -0.406 e. The van der Waals surface area contributed by atoms with Crippen molar-refractivity contribution in [1.82, 2.24) is 4.98 Å². The number of hydrogen-bond acceptors (Lipinski definition) is 3. The zero-order valence-corrected chi connectivity index (χ0v) is 11.7. The fraction of sp³-hybridized carbons (Fsp3) is 0.200. The van der Waals surface area contributed by atoms with Crippen molar-refractivity contribution in [3.05, 3.63) is 41.2 Å². The molecule has 0 radical (unpaired) electrons. The number of aryl methyl sites for hydroxylation is 1. The van der Waals surface area contributed by atoms with E-state index >= 15 is 0 Å². The van der Waals surface area contributed by atoms with Crippen LogP contribution < -0.4 is 4.74 Å². The molecule has 0 unspecified atom stereocenters. The Labute approximate surface area is 123 Å². The van der Waals surface area contributed by atoms with Gasteiger partial charge in [0.2, 0.25) is 0 Å². The lowest BCUT2D eigenvalue weighted by atomic mass is 9.98. The number of aldehydes is 1. The number of aromatic amines is 1. The number of nitrogens with one attached hydrogen (secondary N) is 1. The monoisotopic (exact) mass is 311 g/mol. The number of benzene rings is 1. The summed E-state index contributed by atoms with van der Waals surface area (Å²) in [6.45, 7) is 2.94. The number of carbonyl (C=O) groups excluding carboxylic acids is 2. The van der Waals surface area contributed by atoms with Gasteiger partial charge in [0.25, 0.3) is 0 Å². The lowest BCUT2D eigenvalue weighted by molar-refractivity contribution is -0.274. The molecule has 2 rings (SSSR count). The normalized spacial score (nSPS) is 11.3. The number of halogens is 3. The van der Waals surface area contributed by atoms with Gasteiger partial charge in [0.05, 0.1) is 5.69 Å². The molecule has 1 heterocycles. The van der Waals surface area contributed by atoms with Gasteiger partial charge in [-0.3, -0.25) is 9.59 Å². The molecule has 7 heteroatoms. The van der Waals surface area contributed by atoms with Crippen molar-refractivity contribution in [3.63, 3.8) is 0 Å². The van der Waals surface area contributed by atoms with E-state index in [-0.39, 0.29) is 22.6 Å². The first-order chi connectivity index (χ1) is 10.2. The first kappa shape index (κ1) is 15.8. The molecule has 0 saturated carbocycles. The van der Waals surface area contributed by atoms with Crippen molar-refractivity contribution < 1.29 is 27.5 Å². The second-order valence-corrected chi connectivity index (χ2v) is 4.66. The lowest BCUT2D eigenvalue weighted by Gasteiger charge is -2.10. The number of H-pyrrole nitrogens is 1. The van der Waals surface area contributed by atoms with E-state index in [1.54, 1.807) is 6.92 Å². The highest BCUT2D eigenvalue weighted by atomic mass is 19.4. The van der Waals surface area contributed by atoms with E-state index in [4.69, 9.17) is 0 Å². The average Bonchev–Trinajstić information content (AvgIpc) is 2.74. The highest BCUT2D eigenvalue weighted by Crippen LogP contribution is 2.33. The summed E-state index contributed by atoms with van der Waals surface area (Å²) < 4.78 is 40.7. The van der Waals surface area contributed by atoms with Gasteiger partial charge in [0.1, 0.15) is 5.75 Å². The Balaban J connectivity index is 2.59. The van der Waals surface area contributed by atoms with E-state index in [1.807, 2.05) is 0 Å². The summed E-state index contributed by atoms with van der Waals surface area (Å²) in [4.78, 5) is 25.7. The van der Waals surface area contributed by atoms with Crippen LogP contribution in [0.15, 0.2) is 24.3 Å². The van der Waals surface area contributed by atoms with E-state index in [9.17, 15) is 22.8 Å². The van der Waals surface area contributed by atoms with E-state index in [1.165, 1.54) is 19.1 Å². The highest BCUT2D eigenvalue weighted by Gasteiger charge is 2.31. The Morgan fingerprint density at radius 1 is 1.32 bits per heavy atom. The largest absolute Gasteiger partial charge is 0.573 e. The van der Waals surface area contributed by atoms with Gasteiger partial charge in [-0.15, -0.1) is 13.2 Å². The quantitative estimate of drug-likeness (QED) is 0.688. The SMILES string of the molecule is CC(=O)c1c(C)[nH]c(C=O)c1-c1cccc(OC(F)(F)F)c1. The van der Waals surface area contributed by atoms with Gasteiger partial charge in [-0.05, 0) is 31.5 Å². The summed E-state index contributed by atoms with van der Waals surface area (Å²) in [6, 6.07) is 5.14. The maximum Gasteiger partial charge on any atom is 0.573 e. The average molecular weight is 311 g/mol. The third kappa shape index (κ3) is 3.19. The molecule has 4 nitrogen and oxygen atoms in total. The number of rotatable bonds is 4. The Morgan fingerprint density at radius 2 is 2.00 bits per heavy atom. The van der Waals surface area contributed by atoms with Crippen LogP contribution in [0.5, 0.6) is 5.75 Å². The zero-order chi connectivity index (χ0) is 16.5. The van der Waals surface area contributed by atoms with Crippen LogP contribution in [0.25, 0.3) is 11.1 Å². The highest BCUT2D eigenvalue weighted by molar-refractivity contribution is 6.06. The van der Waals surface area contributed by atoms with Crippen LogP contribution in [0, 0.1) is 6.92 Å². The van der Waals surface area contributed by atoms with E-state index in [0.717, 1.165) is 12.1 Å². The number of ketones is 1. The van der Waals surface area contributed by atoms with Crippen molar-refractivity contribution in [1.29, 1.82) is 0 Å². The molecule has 116 valence electrons. The Bertz CT molecular complexity index is 732. The molecule has 0 spiro atoms. The Morgan fingerprint density at radius 3 is 2.55 bits per heavy atom. The lowest BCUT2D eigenvalue weighted by Crippen LogP contribution is -2.17. The number of aromatic nitrogens is 1. The van der Waals surface area contributed by atoms with Gasteiger partial charge in [-0.1, -0.05) is 12.1 Å². The van der Waals surface area contributed by atoms with Crippen LogP contribution in [0.1, 0.15) is 33.5 Å². The fourth-order valence-corrected chi connectivity index (χ4v) is 2.33. The van der Waals surface area contributed by atoms with Crippen molar-refractivity contribution in [2.24, 2.45) is 0 Å². The topological polar surface area (TPSA) is 59.2 Å². The molecular weight excluding hydrogens is 299 g/mol. The molecule has 0 aliphatic rings. The van der Waals surface area contributed by atoms with E-state index < -0.39 is 12.1 Å². The van der Waals surface area contributed by atoms with Crippen LogP contribution in [-0.2, 0) is 0 Å². The first-order valence-corrected chi connectivity index (χ1v) is 6.28. The third-order valence-corrected chi connectivity index (χ3v) is 3.04. The van der Waals surface area contributed by atoms with Gasteiger partial charge in [0.15, 0.2) is 12.1 Å². The second kappa shape index (κ2) is 5.67. The number of ether oxygens (including phenoxy) is 1. The van der Waals surface area contributed by atoms with Gasteiger partial charge >= 0.3 is 6.36 Å². The molecule has 1 N–H and O–H groups in total. The molecule has 22 heavy (non-hydrogen) atoms. The van der Waals surface area contributed by atoms with Crippen LogP contribution >= 0.6 is 0 Å². The predicted molar refractivity (Wildman–Crippen MR) is 73.0 cm³/mol. The van der Waals surface area contributed by atoms with Gasteiger partial charge in [0, 0.05) is 16.8 Å². The van der Waals surface area contributed by atoms with E-state index in [2.05, 4.69) is 9.72 Å². The van der Waals surface area contributed by atoms with Crippen molar-refractivity contribution in [2.45, 2.75) is 20.2 Å². The number of hydrogen-bond donors (Lipinski definition) is 1. The summed E-state index contributed by atoms with van der Waals surface area (Å²) in [6.07, 6.45) is -4.30. The molecule has 0 saturated heterocycles. The van der Waals surface area contributed by atoms with Gasteiger partial charge < -0.3 is 9.72 Å². The molecule has 0 bridgehead atoms. The number of carbonyl (C=O) groups is 2. The van der Waals surface area contributed by atoms with Gasteiger partial charge in [-0.25, -0.2) is 0 Å². The Hall–Kier alpha value is -2.57.